The molecule has 2 fully saturated rings. The first-order chi connectivity index (χ1) is 12.0. The van der Waals surface area contributed by atoms with Crippen LogP contribution in [0.15, 0.2) is 21.7 Å². The molecule has 0 aromatic heterocycles. The average molecular weight is 409 g/mol. The van der Waals surface area contributed by atoms with Crippen LogP contribution in [0.25, 0.3) is 0 Å². The van der Waals surface area contributed by atoms with E-state index in [0.717, 1.165) is 16.5 Å². The van der Waals surface area contributed by atoms with Gasteiger partial charge in [0.05, 0.1) is 24.4 Å². The molecule has 2 saturated carbocycles. The van der Waals surface area contributed by atoms with Crippen LogP contribution in [0.2, 0.25) is 0 Å². The summed E-state index contributed by atoms with van der Waals surface area (Å²) >= 11 is 3.49. The molecule has 0 bridgehead atoms. The highest BCUT2D eigenvalue weighted by Crippen LogP contribution is 2.66. The molecule has 1 N–H and O–H groups in total. The van der Waals surface area contributed by atoms with Gasteiger partial charge in [-0.3, -0.25) is 4.79 Å². The topological polar surface area (TPSA) is 59.9 Å². The molecule has 2 aliphatic carbocycles. The predicted molar refractivity (Wildman–Crippen MR) is 101 cm³/mol. The van der Waals surface area contributed by atoms with E-state index in [-0.39, 0.29) is 17.2 Å². The second-order valence-corrected chi connectivity index (χ2v) is 7.89. The molecule has 0 saturated heterocycles. The number of methoxy groups -OCH3 is 1. The SMILES string of the molecule is CCOc1c(Br)cc(/C=N\NC(=O)[C@@H]2[C@@H]3CCCC[C@@]23C)cc1OC. The zero-order chi connectivity index (χ0) is 18.0. The third kappa shape index (κ3) is 3.54. The number of carbonyl (C=O) groups is 1. The summed E-state index contributed by atoms with van der Waals surface area (Å²) in [6, 6.07) is 3.73. The van der Waals surface area contributed by atoms with Gasteiger partial charge in [0.25, 0.3) is 0 Å². The maximum absolute atomic E-state index is 12.4. The van der Waals surface area contributed by atoms with E-state index in [1.54, 1.807) is 13.3 Å². The van der Waals surface area contributed by atoms with Crippen LogP contribution in [0.1, 0.15) is 45.1 Å². The van der Waals surface area contributed by atoms with Crippen molar-refractivity contribution in [2.24, 2.45) is 22.4 Å². The molecule has 1 amide bonds. The Morgan fingerprint density at radius 1 is 1.48 bits per heavy atom. The van der Waals surface area contributed by atoms with E-state index in [1.807, 2.05) is 19.1 Å². The Kier molecular flexibility index (Phi) is 5.37. The van der Waals surface area contributed by atoms with Crippen molar-refractivity contribution in [1.29, 1.82) is 0 Å². The highest BCUT2D eigenvalue weighted by atomic mass is 79.9. The maximum Gasteiger partial charge on any atom is 0.244 e. The Hall–Kier alpha value is -1.56. The van der Waals surface area contributed by atoms with Gasteiger partial charge in [-0.1, -0.05) is 19.8 Å². The van der Waals surface area contributed by atoms with Crippen molar-refractivity contribution in [3.63, 3.8) is 0 Å². The fourth-order valence-corrected chi connectivity index (χ4v) is 4.76. The highest BCUT2D eigenvalue weighted by molar-refractivity contribution is 9.10. The standard InChI is InChI=1S/C19H25BrN2O3/c1-4-25-17-14(20)9-12(10-15(17)24-3)11-21-22-18(23)16-13-7-5-6-8-19(13,16)2/h9-11,13,16H,4-8H2,1-3H3,(H,22,23)/b21-11-/t13-,16-,19+/m0/s1. The minimum Gasteiger partial charge on any atom is -0.493 e. The molecule has 25 heavy (non-hydrogen) atoms. The lowest BCUT2D eigenvalue weighted by molar-refractivity contribution is -0.123. The van der Waals surface area contributed by atoms with Gasteiger partial charge in [0.15, 0.2) is 11.5 Å². The van der Waals surface area contributed by atoms with Crippen LogP contribution in [-0.2, 0) is 4.79 Å². The Labute approximate surface area is 157 Å². The zero-order valence-corrected chi connectivity index (χ0v) is 16.6. The van der Waals surface area contributed by atoms with Gasteiger partial charge < -0.3 is 9.47 Å². The molecule has 5 nitrogen and oxygen atoms in total. The fraction of sp³-hybridized carbons (Fsp3) is 0.579. The van der Waals surface area contributed by atoms with E-state index < -0.39 is 0 Å². The molecule has 1 aromatic rings. The number of ether oxygens (including phenoxy) is 2. The molecule has 0 spiro atoms. The highest BCUT2D eigenvalue weighted by Gasteiger charge is 2.64. The number of amides is 1. The van der Waals surface area contributed by atoms with Crippen LogP contribution in [-0.4, -0.2) is 25.8 Å². The summed E-state index contributed by atoms with van der Waals surface area (Å²) in [5, 5.41) is 4.14. The molecule has 0 heterocycles. The van der Waals surface area contributed by atoms with E-state index >= 15 is 0 Å². The number of fused-ring (bicyclic) bond motifs is 1. The van der Waals surface area contributed by atoms with E-state index in [4.69, 9.17) is 9.47 Å². The monoisotopic (exact) mass is 408 g/mol. The lowest BCUT2D eigenvalue weighted by atomic mass is 9.90. The number of halogens is 1. The summed E-state index contributed by atoms with van der Waals surface area (Å²) in [7, 11) is 1.60. The number of rotatable bonds is 6. The third-order valence-electron chi connectivity index (χ3n) is 5.54. The van der Waals surface area contributed by atoms with Gasteiger partial charge in [0, 0.05) is 5.92 Å². The summed E-state index contributed by atoms with van der Waals surface area (Å²) < 4.78 is 11.7. The first-order valence-electron chi connectivity index (χ1n) is 8.84. The number of benzene rings is 1. The molecule has 0 radical (unpaired) electrons. The average Bonchev–Trinajstić information content (AvgIpc) is 3.22. The minimum atomic E-state index is 0.0441. The van der Waals surface area contributed by atoms with Gasteiger partial charge in [0.1, 0.15) is 0 Å². The number of hydrogen-bond acceptors (Lipinski definition) is 4. The molecule has 3 rings (SSSR count). The van der Waals surface area contributed by atoms with Gasteiger partial charge >= 0.3 is 0 Å². The normalized spacial score (nSPS) is 27.7. The van der Waals surface area contributed by atoms with Gasteiger partial charge in [-0.15, -0.1) is 0 Å². The lowest BCUT2D eigenvalue weighted by Crippen LogP contribution is -2.22. The van der Waals surface area contributed by atoms with Crippen LogP contribution in [0.4, 0.5) is 0 Å². The predicted octanol–water partition coefficient (Wildman–Crippen LogP) is 4.13. The maximum atomic E-state index is 12.4. The molecule has 6 heteroatoms. The van der Waals surface area contributed by atoms with Crippen molar-refractivity contribution in [1.82, 2.24) is 5.43 Å². The molecule has 136 valence electrons. The van der Waals surface area contributed by atoms with Gasteiger partial charge in [-0.05, 0) is 64.7 Å². The van der Waals surface area contributed by atoms with Crippen LogP contribution in [0.3, 0.4) is 0 Å². The second kappa shape index (κ2) is 7.36. The number of hydrogen-bond donors (Lipinski definition) is 1. The van der Waals surface area contributed by atoms with Gasteiger partial charge in [-0.2, -0.15) is 5.10 Å². The van der Waals surface area contributed by atoms with E-state index in [0.29, 0.717) is 24.0 Å². The van der Waals surface area contributed by atoms with Gasteiger partial charge in [0.2, 0.25) is 5.91 Å². The second-order valence-electron chi connectivity index (χ2n) is 7.04. The van der Waals surface area contributed by atoms with Crippen molar-refractivity contribution in [2.75, 3.05) is 13.7 Å². The van der Waals surface area contributed by atoms with Crippen LogP contribution >= 0.6 is 15.9 Å². The molecule has 0 aliphatic heterocycles. The Morgan fingerprint density at radius 2 is 2.28 bits per heavy atom. The first kappa shape index (κ1) is 18.2. The van der Waals surface area contributed by atoms with Crippen molar-refractivity contribution >= 4 is 28.1 Å². The summed E-state index contributed by atoms with van der Waals surface area (Å²) in [5.41, 5.74) is 3.74. The molecule has 3 atom stereocenters. The summed E-state index contributed by atoms with van der Waals surface area (Å²) in [6.45, 7) is 4.71. The van der Waals surface area contributed by atoms with Crippen molar-refractivity contribution in [2.45, 2.75) is 39.5 Å². The molecular weight excluding hydrogens is 384 g/mol. The van der Waals surface area contributed by atoms with E-state index in [1.165, 1.54) is 19.3 Å². The number of carbonyl (C=O) groups excluding carboxylic acids is 1. The van der Waals surface area contributed by atoms with Crippen molar-refractivity contribution < 1.29 is 14.3 Å². The first-order valence-corrected chi connectivity index (χ1v) is 9.63. The minimum absolute atomic E-state index is 0.0441. The van der Waals surface area contributed by atoms with E-state index in [9.17, 15) is 4.79 Å². The Morgan fingerprint density at radius 3 is 2.92 bits per heavy atom. The smallest absolute Gasteiger partial charge is 0.244 e. The molecule has 1 aromatic carbocycles. The van der Waals surface area contributed by atoms with Gasteiger partial charge in [-0.25, -0.2) is 5.43 Å². The van der Waals surface area contributed by atoms with Crippen LogP contribution in [0.5, 0.6) is 11.5 Å². The summed E-state index contributed by atoms with van der Waals surface area (Å²) in [4.78, 5) is 12.4. The lowest BCUT2D eigenvalue weighted by Gasteiger charge is -2.15. The zero-order valence-electron chi connectivity index (χ0n) is 15.0. The van der Waals surface area contributed by atoms with Crippen LogP contribution < -0.4 is 14.9 Å². The summed E-state index contributed by atoms with van der Waals surface area (Å²) in [6.07, 6.45) is 6.44. The van der Waals surface area contributed by atoms with Crippen LogP contribution in [0, 0.1) is 17.3 Å². The molecule has 0 unspecified atom stereocenters. The Bertz CT molecular complexity index is 691. The number of hydrazone groups is 1. The number of nitrogens with zero attached hydrogens (tertiary/aromatic N) is 1. The molecular formula is C19H25BrN2O3. The van der Waals surface area contributed by atoms with E-state index in [2.05, 4.69) is 33.4 Å². The largest absolute Gasteiger partial charge is 0.493 e. The number of nitrogens with one attached hydrogen (secondary N) is 1. The third-order valence-corrected chi connectivity index (χ3v) is 6.13. The van der Waals surface area contributed by atoms with Crippen molar-refractivity contribution in [3.05, 3.63) is 22.2 Å². The molecule has 2 aliphatic rings. The fourth-order valence-electron chi connectivity index (χ4n) is 4.19. The quantitative estimate of drug-likeness (QED) is 0.568. The van der Waals surface area contributed by atoms with Crippen molar-refractivity contribution in [3.8, 4) is 11.5 Å². The summed E-state index contributed by atoms with van der Waals surface area (Å²) in [5.74, 6) is 2.00. The Balaban J connectivity index is 1.64.